The Morgan fingerprint density at radius 3 is 2.67 bits per heavy atom. The SMILES string of the molecule is COc1ccc2c(=O)c(-c3ccccc3)c(-n3cncn3)oc2c1. The van der Waals surface area contributed by atoms with E-state index in [1.54, 1.807) is 25.3 Å². The van der Waals surface area contributed by atoms with E-state index in [-0.39, 0.29) is 5.43 Å². The Hall–Kier alpha value is -3.41. The number of rotatable bonds is 3. The average molecular weight is 319 g/mol. The number of hydrogen-bond acceptors (Lipinski definition) is 5. The number of aromatic nitrogens is 3. The predicted molar refractivity (Wildman–Crippen MR) is 89.4 cm³/mol. The molecular formula is C18H13N3O3. The quantitative estimate of drug-likeness (QED) is 0.580. The summed E-state index contributed by atoms with van der Waals surface area (Å²) in [6.45, 7) is 0. The molecule has 4 rings (SSSR count). The van der Waals surface area contributed by atoms with Crippen molar-refractivity contribution in [1.82, 2.24) is 14.8 Å². The molecule has 0 spiro atoms. The van der Waals surface area contributed by atoms with Crippen molar-refractivity contribution in [3.05, 3.63) is 71.4 Å². The average Bonchev–Trinajstić information content (AvgIpc) is 3.16. The van der Waals surface area contributed by atoms with Gasteiger partial charge in [0.25, 0.3) is 0 Å². The largest absolute Gasteiger partial charge is 0.497 e. The van der Waals surface area contributed by atoms with E-state index in [0.29, 0.717) is 28.2 Å². The second kappa shape index (κ2) is 5.66. The molecule has 0 bridgehead atoms. The maximum atomic E-state index is 13.1. The Balaban J connectivity index is 2.11. The molecular weight excluding hydrogens is 306 g/mol. The van der Waals surface area contributed by atoms with Crippen molar-refractivity contribution in [2.24, 2.45) is 0 Å². The van der Waals surface area contributed by atoms with E-state index in [0.717, 1.165) is 5.56 Å². The molecule has 2 heterocycles. The Morgan fingerprint density at radius 1 is 1.12 bits per heavy atom. The Labute approximate surface area is 136 Å². The van der Waals surface area contributed by atoms with Crippen LogP contribution in [0.5, 0.6) is 5.75 Å². The molecule has 0 unspecified atom stereocenters. The molecule has 6 heteroatoms. The van der Waals surface area contributed by atoms with E-state index in [1.807, 2.05) is 30.3 Å². The highest BCUT2D eigenvalue weighted by Gasteiger charge is 2.18. The number of hydrogen-bond donors (Lipinski definition) is 0. The third-order valence-corrected chi connectivity index (χ3v) is 3.77. The maximum Gasteiger partial charge on any atom is 0.233 e. The van der Waals surface area contributed by atoms with Gasteiger partial charge in [-0.2, -0.15) is 9.78 Å². The van der Waals surface area contributed by atoms with Gasteiger partial charge >= 0.3 is 0 Å². The van der Waals surface area contributed by atoms with Crippen molar-refractivity contribution in [3.63, 3.8) is 0 Å². The van der Waals surface area contributed by atoms with E-state index in [4.69, 9.17) is 9.15 Å². The molecule has 0 atom stereocenters. The Bertz CT molecular complexity index is 1050. The first-order valence-electron chi connectivity index (χ1n) is 7.33. The Kier molecular flexibility index (Phi) is 3.35. The summed E-state index contributed by atoms with van der Waals surface area (Å²) in [4.78, 5) is 17.0. The molecule has 0 fully saturated rings. The van der Waals surface area contributed by atoms with E-state index in [1.165, 1.54) is 17.3 Å². The van der Waals surface area contributed by atoms with Crippen LogP contribution in [0.25, 0.3) is 28.0 Å². The lowest BCUT2D eigenvalue weighted by atomic mass is 10.0. The smallest absolute Gasteiger partial charge is 0.233 e. The van der Waals surface area contributed by atoms with E-state index < -0.39 is 0 Å². The molecule has 2 aromatic carbocycles. The zero-order valence-electron chi connectivity index (χ0n) is 12.8. The van der Waals surface area contributed by atoms with Gasteiger partial charge in [0.05, 0.1) is 18.1 Å². The summed E-state index contributed by atoms with van der Waals surface area (Å²) in [6, 6.07) is 14.5. The predicted octanol–water partition coefficient (Wildman–Crippen LogP) is 3.05. The van der Waals surface area contributed by atoms with E-state index in [2.05, 4.69) is 10.1 Å². The third-order valence-electron chi connectivity index (χ3n) is 3.77. The summed E-state index contributed by atoms with van der Waals surface area (Å²) < 4.78 is 12.7. The molecule has 4 aromatic rings. The summed E-state index contributed by atoms with van der Waals surface area (Å²) in [7, 11) is 1.57. The first-order valence-corrected chi connectivity index (χ1v) is 7.33. The molecule has 0 aliphatic rings. The molecule has 0 radical (unpaired) electrons. The zero-order chi connectivity index (χ0) is 16.5. The van der Waals surface area contributed by atoms with Crippen LogP contribution in [-0.2, 0) is 0 Å². The van der Waals surface area contributed by atoms with Crippen LogP contribution < -0.4 is 10.2 Å². The lowest BCUT2D eigenvalue weighted by Gasteiger charge is -2.10. The molecule has 0 aliphatic carbocycles. The first-order chi connectivity index (χ1) is 11.8. The summed E-state index contributed by atoms with van der Waals surface area (Å²) in [5, 5.41) is 4.59. The van der Waals surface area contributed by atoms with Crippen LogP contribution in [0.4, 0.5) is 0 Å². The fourth-order valence-electron chi connectivity index (χ4n) is 2.62. The molecule has 24 heavy (non-hydrogen) atoms. The van der Waals surface area contributed by atoms with Gasteiger partial charge in [0, 0.05) is 6.07 Å². The second-order valence-corrected chi connectivity index (χ2v) is 5.18. The highest BCUT2D eigenvalue weighted by molar-refractivity contribution is 5.85. The molecule has 118 valence electrons. The van der Waals surface area contributed by atoms with Crippen molar-refractivity contribution in [1.29, 1.82) is 0 Å². The van der Waals surface area contributed by atoms with Gasteiger partial charge in [0.2, 0.25) is 11.3 Å². The van der Waals surface area contributed by atoms with Crippen LogP contribution in [0.1, 0.15) is 0 Å². The normalized spacial score (nSPS) is 10.9. The molecule has 0 saturated carbocycles. The summed E-state index contributed by atoms with van der Waals surface area (Å²) in [5.74, 6) is 0.937. The van der Waals surface area contributed by atoms with Gasteiger partial charge in [-0.05, 0) is 17.7 Å². The highest BCUT2D eigenvalue weighted by atomic mass is 16.5. The lowest BCUT2D eigenvalue weighted by Crippen LogP contribution is -2.11. The number of nitrogens with zero attached hydrogens (tertiary/aromatic N) is 3. The minimum absolute atomic E-state index is 0.129. The molecule has 0 saturated heterocycles. The summed E-state index contributed by atoms with van der Waals surface area (Å²) in [6.07, 6.45) is 2.89. The maximum absolute atomic E-state index is 13.1. The van der Waals surface area contributed by atoms with Crippen LogP contribution in [0.15, 0.2) is 70.4 Å². The standard InChI is InChI=1S/C18H13N3O3/c1-23-13-7-8-14-15(9-13)24-18(21-11-19-10-20-21)16(17(14)22)12-5-3-2-4-6-12/h2-11H,1H3. The Morgan fingerprint density at radius 2 is 1.96 bits per heavy atom. The topological polar surface area (TPSA) is 70.2 Å². The fourth-order valence-corrected chi connectivity index (χ4v) is 2.62. The van der Waals surface area contributed by atoms with Gasteiger partial charge in [0.1, 0.15) is 24.0 Å². The van der Waals surface area contributed by atoms with Crippen LogP contribution in [0.3, 0.4) is 0 Å². The van der Waals surface area contributed by atoms with Crippen molar-refractivity contribution in [2.75, 3.05) is 7.11 Å². The molecule has 0 amide bonds. The van der Waals surface area contributed by atoms with Crippen LogP contribution in [0.2, 0.25) is 0 Å². The lowest BCUT2D eigenvalue weighted by molar-refractivity contribution is 0.414. The van der Waals surface area contributed by atoms with Crippen molar-refractivity contribution >= 4 is 11.0 Å². The molecule has 2 aromatic heterocycles. The fraction of sp³-hybridized carbons (Fsp3) is 0.0556. The van der Waals surface area contributed by atoms with E-state index in [9.17, 15) is 4.79 Å². The van der Waals surface area contributed by atoms with Gasteiger partial charge in [-0.1, -0.05) is 30.3 Å². The van der Waals surface area contributed by atoms with Gasteiger partial charge in [-0.15, -0.1) is 0 Å². The zero-order valence-corrected chi connectivity index (χ0v) is 12.8. The van der Waals surface area contributed by atoms with Crippen molar-refractivity contribution < 1.29 is 9.15 Å². The van der Waals surface area contributed by atoms with E-state index >= 15 is 0 Å². The minimum atomic E-state index is -0.129. The second-order valence-electron chi connectivity index (χ2n) is 5.18. The van der Waals surface area contributed by atoms with Crippen molar-refractivity contribution in [3.8, 4) is 22.8 Å². The number of fused-ring (bicyclic) bond motifs is 1. The number of methoxy groups -OCH3 is 1. The van der Waals surface area contributed by atoms with Crippen LogP contribution in [0, 0.1) is 0 Å². The van der Waals surface area contributed by atoms with Gasteiger partial charge in [0.15, 0.2) is 0 Å². The molecule has 0 aliphatic heterocycles. The van der Waals surface area contributed by atoms with Gasteiger partial charge in [-0.3, -0.25) is 4.79 Å². The highest BCUT2D eigenvalue weighted by Crippen LogP contribution is 2.28. The molecule has 6 nitrogen and oxygen atoms in total. The molecule has 0 N–H and O–H groups in total. The first kappa shape index (κ1) is 14.2. The minimum Gasteiger partial charge on any atom is -0.497 e. The van der Waals surface area contributed by atoms with Gasteiger partial charge < -0.3 is 9.15 Å². The summed E-state index contributed by atoms with van der Waals surface area (Å²) >= 11 is 0. The number of benzene rings is 2. The number of ether oxygens (including phenoxy) is 1. The monoisotopic (exact) mass is 319 g/mol. The van der Waals surface area contributed by atoms with Gasteiger partial charge in [-0.25, -0.2) is 4.98 Å². The van der Waals surface area contributed by atoms with Crippen molar-refractivity contribution in [2.45, 2.75) is 0 Å². The summed E-state index contributed by atoms with van der Waals surface area (Å²) in [5.41, 5.74) is 1.51. The van der Waals surface area contributed by atoms with Crippen LogP contribution >= 0.6 is 0 Å². The third kappa shape index (κ3) is 2.25. The van der Waals surface area contributed by atoms with Crippen LogP contribution in [-0.4, -0.2) is 21.9 Å².